The molecule has 0 aromatic heterocycles. The van der Waals surface area contributed by atoms with Crippen molar-refractivity contribution in [3.63, 3.8) is 0 Å². The fraction of sp³-hybridized carbons (Fsp3) is 0.379. The molecular weight excluding hydrogens is 504 g/mol. The van der Waals surface area contributed by atoms with Gasteiger partial charge in [0.15, 0.2) is 6.04 Å². The summed E-state index contributed by atoms with van der Waals surface area (Å²) in [5.41, 5.74) is 4.29. The van der Waals surface area contributed by atoms with Gasteiger partial charge in [0, 0.05) is 5.92 Å². The average Bonchev–Trinajstić information content (AvgIpc) is 3.25. The molecule has 4 atom stereocenters. The highest BCUT2D eigenvalue weighted by molar-refractivity contribution is 5.84. The van der Waals surface area contributed by atoms with Crippen molar-refractivity contribution >= 4 is 24.1 Å². The highest BCUT2D eigenvalue weighted by atomic mass is 16.6. The number of esters is 1. The zero-order chi connectivity index (χ0) is 28.5. The molecule has 39 heavy (non-hydrogen) atoms. The number of ether oxygens (including phenoxy) is 3. The molecule has 0 radical (unpaired) electrons. The maximum absolute atomic E-state index is 13.0. The highest BCUT2D eigenvalue weighted by Gasteiger charge is 2.35. The summed E-state index contributed by atoms with van der Waals surface area (Å²) in [6.07, 6.45) is -1.22. The molecule has 10 heteroatoms. The van der Waals surface area contributed by atoms with Crippen LogP contribution in [0, 0.1) is 5.92 Å². The number of rotatable bonds is 12. The van der Waals surface area contributed by atoms with Crippen LogP contribution in [-0.2, 0) is 23.8 Å². The summed E-state index contributed by atoms with van der Waals surface area (Å²) in [5, 5.41) is 14.2. The number of fused-ring (bicyclic) bond motifs is 3. The highest BCUT2D eigenvalue weighted by Crippen LogP contribution is 2.44. The second-order valence-corrected chi connectivity index (χ2v) is 9.32. The molecule has 10 nitrogen and oxygen atoms in total. The lowest BCUT2D eigenvalue weighted by molar-refractivity contribution is -0.157. The Kier molecular flexibility index (Phi) is 10.1. The van der Waals surface area contributed by atoms with Crippen LogP contribution >= 0.6 is 0 Å². The van der Waals surface area contributed by atoms with Gasteiger partial charge in [-0.2, -0.15) is 0 Å². The Labute approximate surface area is 227 Å². The fourth-order valence-electron chi connectivity index (χ4n) is 4.44. The van der Waals surface area contributed by atoms with E-state index in [1.165, 1.54) is 13.0 Å². The van der Waals surface area contributed by atoms with E-state index in [1.54, 1.807) is 6.92 Å². The van der Waals surface area contributed by atoms with E-state index in [9.17, 15) is 24.3 Å². The Morgan fingerprint density at radius 3 is 2.00 bits per heavy atom. The summed E-state index contributed by atoms with van der Waals surface area (Å²) in [6, 6.07) is 13.2. The number of carbonyl (C=O) groups is 4. The lowest BCUT2D eigenvalue weighted by Gasteiger charge is -2.27. The van der Waals surface area contributed by atoms with Crippen molar-refractivity contribution in [1.29, 1.82) is 0 Å². The van der Waals surface area contributed by atoms with Gasteiger partial charge in [-0.3, -0.25) is 0 Å². The van der Waals surface area contributed by atoms with Crippen LogP contribution in [0.5, 0.6) is 0 Å². The molecule has 3 rings (SSSR count). The van der Waals surface area contributed by atoms with Crippen LogP contribution in [0.15, 0.2) is 61.2 Å². The first-order valence-electron chi connectivity index (χ1n) is 12.8. The largest absolute Gasteiger partial charge is 0.480 e. The van der Waals surface area contributed by atoms with Crippen LogP contribution in [0.2, 0.25) is 0 Å². The Bertz CT molecular complexity index is 1170. The lowest BCUT2D eigenvalue weighted by atomic mass is 9.98. The SMILES string of the molecule is C=CCOC(=O)N[C@@H](C(=O)O)[C@H](C)OC(=O)[C@@H](NC(=O)OCC1c2ccccc2-c2ccccc21)[C@@H](C)CC. The molecule has 0 heterocycles. The first-order chi connectivity index (χ1) is 18.7. The standard InChI is InChI=1S/C29H34N2O8/c1-5-15-37-28(35)31-25(26(32)33)18(4)39-27(34)24(17(3)6-2)30-29(36)38-16-23-21-13-9-7-11-19(21)20-12-8-10-14-22(20)23/h5,7-14,17-18,23-25H,1,6,15-16H2,2-4H3,(H,30,36)(H,31,35)(H,32,33)/t17-,18-,24-,25+/m0/s1. The van der Waals surface area contributed by atoms with Crippen LogP contribution in [0.4, 0.5) is 9.59 Å². The van der Waals surface area contributed by atoms with Gasteiger partial charge >= 0.3 is 24.1 Å². The Morgan fingerprint density at radius 1 is 0.923 bits per heavy atom. The number of amides is 2. The van der Waals surface area contributed by atoms with Crippen LogP contribution in [0.1, 0.15) is 44.2 Å². The smallest absolute Gasteiger partial charge is 0.408 e. The topological polar surface area (TPSA) is 140 Å². The summed E-state index contributed by atoms with van der Waals surface area (Å²) >= 11 is 0. The van der Waals surface area contributed by atoms with Gasteiger partial charge in [-0.15, -0.1) is 0 Å². The monoisotopic (exact) mass is 538 g/mol. The summed E-state index contributed by atoms with van der Waals surface area (Å²) in [6.45, 7) is 8.27. The van der Waals surface area contributed by atoms with E-state index in [2.05, 4.69) is 17.2 Å². The Hall–Kier alpha value is -4.34. The minimum atomic E-state index is -1.57. The van der Waals surface area contributed by atoms with Crippen molar-refractivity contribution < 1.29 is 38.5 Å². The van der Waals surface area contributed by atoms with Crippen molar-refractivity contribution in [2.75, 3.05) is 13.2 Å². The van der Waals surface area contributed by atoms with Crippen LogP contribution in [0.25, 0.3) is 11.1 Å². The van der Waals surface area contributed by atoms with Crippen molar-refractivity contribution in [1.82, 2.24) is 10.6 Å². The zero-order valence-electron chi connectivity index (χ0n) is 22.2. The minimum Gasteiger partial charge on any atom is -0.480 e. The molecule has 0 aliphatic heterocycles. The van der Waals surface area contributed by atoms with E-state index in [1.807, 2.05) is 55.5 Å². The molecule has 0 fully saturated rings. The first kappa shape index (κ1) is 29.2. The number of hydrogen-bond acceptors (Lipinski definition) is 7. The molecule has 0 spiro atoms. The molecular formula is C29H34N2O8. The molecule has 0 bridgehead atoms. The molecule has 0 unspecified atom stereocenters. The third-order valence-corrected chi connectivity index (χ3v) is 6.73. The molecule has 2 aromatic carbocycles. The van der Waals surface area contributed by atoms with Gasteiger partial charge in [0.1, 0.15) is 25.4 Å². The Balaban J connectivity index is 1.64. The third kappa shape index (κ3) is 7.16. The summed E-state index contributed by atoms with van der Waals surface area (Å²) in [4.78, 5) is 49.3. The van der Waals surface area contributed by atoms with Crippen molar-refractivity contribution in [2.24, 2.45) is 5.92 Å². The third-order valence-electron chi connectivity index (χ3n) is 6.73. The Morgan fingerprint density at radius 2 is 1.46 bits per heavy atom. The van der Waals surface area contributed by atoms with Crippen molar-refractivity contribution in [2.45, 2.75) is 51.3 Å². The van der Waals surface area contributed by atoms with Crippen LogP contribution in [-0.4, -0.2) is 60.6 Å². The maximum Gasteiger partial charge on any atom is 0.408 e. The summed E-state index contributed by atoms with van der Waals surface area (Å²) in [5.74, 6) is -2.77. The van der Waals surface area contributed by atoms with Gasteiger partial charge in [0.2, 0.25) is 0 Å². The average molecular weight is 539 g/mol. The predicted octanol–water partition coefficient (Wildman–Crippen LogP) is 4.24. The molecule has 2 amide bonds. The maximum atomic E-state index is 13.0. The number of alkyl carbamates (subject to hydrolysis) is 2. The summed E-state index contributed by atoms with van der Waals surface area (Å²) < 4.78 is 15.7. The minimum absolute atomic E-state index is 0.0658. The van der Waals surface area contributed by atoms with Crippen molar-refractivity contribution in [3.8, 4) is 11.1 Å². The molecule has 0 saturated heterocycles. The first-order valence-corrected chi connectivity index (χ1v) is 12.8. The number of carbonyl (C=O) groups excluding carboxylic acids is 3. The molecule has 0 saturated carbocycles. The molecule has 2 aromatic rings. The van der Waals surface area contributed by atoms with E-state index >= 15 is 0 Å². The van der Waals surface area contributed by atoms with E-state index < -0.39 is 42.3 Å². The van der Waals surface area contributed by atoms with Gasteiger partial charge in [-0.1, -0.05) is 81.5 Å². The number of carboxylic acid groups (broad SMARTS) is 1. The number of aliphatic carboxylic acids is 1. The second kappa shape index (κ2) is 13.5. The van der Waals surface area contributed by atoms with E-state index in [-0.39, 0.29) is 25.0 Å². The van der Waals surface area contributed by atoms with Crippen LogP contribution in [0.3, 0.4) is 0 Å². The van der Waals surface area contributed by atoms with Gasteiger partial charge in [0.25, 0.3) is 0 Å². The normalized spacial score (nSPS) is 14.9. The van der Waals surface area contributed by atoms with Gasteiger partial charge < -0.3 is 30.0 Å². The van der Waals surface area contributed by atoms with E-state index in [0.717, 1.165) is 22.3 Å². The molecule has 1 aliphatic carbocycles. The van der Waals surface area contributed by atoms with Gasteiger partial charge in [-0.25, -0.2) is 19.2 Å². The number of nitrogens with one attached hydrogen (secondary N) is 2. The second-order valence-electron chi connectivity index (χ2n) is 9.32. The molecule has 1 aliphatic rings. The lowest BCUT2D eigenvalue weighted by Crippen LogP contribution is -2.52. The van der Waals surface area contributed by atoms with Crippen molar-refractivity contribution in [3.05, 3.63) is 72.3 Å². The molecule has 3 N–H and O–H groups in total. The van der Waals surface area contributed by atoms with Crippen LogP contribution < -0.4 is 10.6 Å². The van der Waals surface area contributed by atoms with Gasteiger partial charge in [-0.05, 0) is 35.1 Å². The fourth-order valence-corrected chi connectivity index (χ4v) is 4.44. The molecule has 208 valence electrons. The number of carboxylic acids is 1. The number of hydrogen-bond donors (Lipinski definition) is 3. The summed E-state index contributed by atoms with van der Waals surface area (Å²) in [7, 11) is 0. The van der Waals surface area contributed by atoms with Gasteiger partial charge in [0.05, 0.1) is 0 Å². The quantitative estimate of drug-likeness (QED) is 0.207. The zero-order valence-corrected chi connectivity index (χ0v) is 22.2. The predicted molar refractivity (Wildman–Crippen MR) is 143 cm³/mol. The van der Waals surface area contributed by atoms with E-state index in [4.69, 9.17) is 14.2 Å². The number of benzene rings is 2. The van der Waals surface area contributed by atoms with E-state index in [0.29, 0.717) is 6.42 Å².